The molecule has 2 N–H and O–H groups in total. The van der Waals surface area contributed by atoms with Gasteiger partial charge < -0.3 is 5.11 Å². The third-order valence-electron chi connectivity index (χ3n) is 4.61. The lowest BCUT2D eigenvalue weighted by molar-refractivity contribution is -0.729. The number of aliphatic hydroxyl groups excluding tert-OH is 1. The monoisotopic (exact) mass is 309 g/mol. The van der Waals surface area contributed by atoms with E-state index < -0.39 is 0 Å². The number of nitrogens with zero attached hydrogens (tertiary/aromatic N) is 1. The van der Waals surface area contributed by atoms with E-state index in [9.17, 15) is 5.11 Å². The smallest absolute Gasteiger partial charge is 0.241 e. The fourth-order valence-electron chi connectivity index (χ4n) is 3.16. The first-order chi connectivity index (χ1) is 10.8. The molecule has 3 nitrogen and oxygen atoms in total. The highest BCUT2D eigenvalue weighted by atomic mass is 16.3. The van der Waals surface area contributed by atoms with Crippen molar-refractivity contribution >= 4 is 0 Å². The van der Waals surface area contributed by atoms with Crippen LogP contribution in [0, 0.1) is 0 Å². The van der Waals surface area contributed by atoms with Gasteiger partial charge in [0.05, 0.1) is 6.10 Å². The average Bonchev–Trinajstić information content (AvgIpc) is 3.02. The van der Waals surface area contributed by atoms with Gasteiger partial charge in [-0.2, -0.15) is 0 Å². The van der Waals surface area contributed by atoms with Gasteiger partial charge in [-0.3, -0.25) is 4.98 Å². The second-order valence-electron chi connectivity index (χ2n) is 6.69. The molecule has 1 aromatic rings. The Kier molecular flexibility index (Phi) is 11.1. The zero-order valence-electron chi connectivity index (χ0n) is 14.8. The summed E-state index contributed by atoms with van der Waals surface area (Å²) in [5, 5.41) is 9.91. The van der Waals surface area contributed by atoms with Crippen LogP contribution >= 0.6 is 0 Å². The van der Waals surface area contributed by atoms with Crippen LogP contribution in [0.25, 0.3) is 0 Å². The molecule has 2 unspecified atom stereocenters. The van der Waals surface area contributed by atoms with Gasteiger partial charge >= 0.3 is 0 Å². The molecule has 0 amide bonds. The Hall–Kier alpha value is -0.830. The minimum absolute atomic E-state index is 0.213. The van der Waals surface area contributed by atoms with Crippen molar-refractivity contribution in [3.63, 3.8) is 0 Å². The standard InChI is InChI=1S/C19H36N2O/c1-3-4-5-6-7-8-9-10-11-12-13-14-19(18(2)22)21-16-15-20-17-21/h15-19,22H,3-14H2,1-2H3/p+1. The van der Waals surface area contributed by atoms with Gasteiger partial charge in [-0.1, -0.05) is 71.1 Å². The average molecular weight is 310 g/mol. The predicted octanol–water partition coefficient (Wildman–Crippen LogP) is 4.93. The van der Waals surface area contributed by atoms with Crippen LogP contribution in [0.4, 0.5) is 0 Å². The van der Waals surface area contributed by atoms with E-state index in [1.807, 2.05) is 25.6 Å². The van der Waals surface area contributed by atoms with Crippen LogP contribution in [-0.4, -0.2) is 16.2 Å². The summed E-state index contributed by atoms with van der Waals surface area (Å²) in [5.74, 6) is 0. The van der Waals surface area contributed by atoms with Gasteiger partial charge in [-0.25, -0.2) is 4.57 Å². The Balaban J connectivity index is 1.96. The van der Waals surface area contributed by atoms with Crippen LogP contribution in [0.2, 0.25) is 0 Å². The van der Waals surface area contributed by atoms with E-state index in [4.69, 9.17) is 0 Å². The Morgan fingerprint density at radius 3 is 1.91 bits per heavy atom. The molecule has 0 aromatic carbocycles. The van der Waals surface area contributed by atoms with E-state index in [0.29, 0.717) is 0 Å². The normalized spacial score (nSPS) is 14.1. The molecule has 1 aromatic heterocycles. The molecule has 1 rings (SSSR count). The topological polar surface area (TPSA) is 39.9 Å². The first-order valence-electron chi connectivity index (χ1n) is 9.47. The molecule has 22 heavy (non-hydrogen) atoms. The number of aliphatic hydroxyl groups is 1. The minimum atomic E-state index is -0.288. The molecule has 3 heteroatoms. The molecular formula is C19H37N2O+. The Labute approximate surface area is 137 Å². The quantitative estimate of drug-likeness (QED) is 0.371. The van der Waals surface area contributed by atoms with Gasteiger partial charge in [-0.05, 0) is 19.8 Å². The molecule has 0 radical (unpaired) electrons. The van der Waals surface area contributed by atoms with E-state index in [0.717, 1.165) is 6.42 Å². The largest absolute Gasteiger partial charge is 0.389 e. The highest BCUT2D eigenvalue weighted by Gasteiger charge is 2.20. The minimum Gasteiger partial charge on any atom is -0.389 e. The summed E-state index contributed by atoms with van der Waals surface area (Å²) in [6, 6.07) is 0.213. The summed E-state index contributed by atoms with van der Waals surface area (Å²) in [7, 11) is 0. The van der Waals surface area contributed by atoms with Crippen molar-refractivity contribution in [3.05, 3.63) is 18.7 Å². The van der Waals surface area contributed by atoms with Gasteiger partial charge in [0, 0.05) is 0 Å². The zero-order chi connectivity index (χ0) is 16.0. The number of hydrogen-bond acceptors (Lipinski definition) is 1. The molecule has 1 heterocycles. The van der Waals surface area contributed by atoms with Crippen molar-refractivity contribution in [2.75, 3.05) is 0 Å². The second kappa shape index (κ2) is 12.7. The molecule has 0 saturated carbocycles. The summed E-state index contributed by atoms with van der Waals surface area (Å²) in [6.07, 6.45) is 21.7. The summed E-state index contributed by atoms with van der Waals surface area (Å²) in [6.45, 7) is 4.17. The lowest BCUT2D eigenvalue weighted by atomic mass is 10.0. The van der Waals surface area contributed by atoms with Gasteiger partial charge in [0.1, 0.15) is 18.4 Å². The lowest BCUT2D eigenvalue weighted by Crippen LogP contribution is -2.43. The number of rotatable bonds is 14. The van der Waals surface area contributed by atoms with E-state index in [1.54, 1.807) is 0 Å². The van der Waals surface area contributed by atoms with Crippen molar-refractivity contribution in [1.82, 2.24) is 4.98 Å². The Morgan fingerprint density at radius 2 is 1.45 bits per heavy atom. The van der Waals surface area contributed by atoms with Gasteiger partial charge in [0.15, 0.2) is 0 Å². The summed E-state index contributed by atoms with van der Waals surface area (Å²) in [4.78, 5) is 3.06. The highest BCUT2D eigenvalue weighted by Crippen LogP contribution is 2.16. The SMILES string of the molecule is CCCCCCCCCCCCCC(C(C)O)[n+]1cc[nH]c1. The molecule has 0 aliphatic rings. The number of aromatic amines is 1. The Morgan fingerprint density at radius 1 is 0.909 bits per heavy atom. The molecule has 0 bridgehead atoms. The van der Waals surface area contributed by atoms with Crippen LogP contribution < -0.4 is 4.57 Å². The molecule has 0 spiro atoms. The maximum atomic E-state index is 9.91. The van der Waals surface area contributed by atoms with Crippen molar-refractivity contribution < 1.29 is 9.67 Å². The van der Waals surface area contributed by atoms with Crippen LogP contribution in [0.5, 0.6) is 0 Å². The molecule has 0 fully saturated rings. The van der Waals surface area contributed by atoms with Crippen LogP contribution in [0.1, 0.15) is 96.9 Å². The van der Waals surface area contributed by atoms with Gasteiger partial charge in [0.25, 0.3) is 0 Å². The maximum absolute atomic E-state index is 9.91. The number of imidazole rings is 1. The third kappa shape index (κ3) is 8.57. The van der Waals surface area contributed by atoms with E-state index in [2.05, 4.69) is 16.5 Å². The van der Waals surface area contributed by atoms with Crippen LogP contribution in [0.15, 0.2) is 18.7 Å². The van der Waals surface area contributed by atoms with Crippen molar-refractivity contribution in [2.45, 2.75) is 103 Å². The third-order valence-corrected chi connectivity index (χ3v) is 4.61. The summed E-state index contributed by atoms with van der Waals surface area (Å²) >= 11 is 0. The van der Waals surface area contributed by atoms with Gasteiger partial charge in [0.2, 0.25) is 6.33 Å². The number of H-pyrrole nitrogens is 1. The van der Waals surface area contributed by atoms with E-state index in [1.165, 1.54) is 70.6 Å². The second-order valence-corrected chi connectivity index (χ2v) is 6.69. The highest BCUT2D eigenvalue weighted by molar-refractivity contribution is 4.64. The first-order valence-corrected chi connectivity index (χ1v) is 9.47. The van der Waals surface area contributed by atoms with Crippen LogP contribution in [-0.2, 0) is 0 Å². The molecule has 0 saturated heterocycles. The fraction of sp³-hybridized carbons (Fsp3) is 0.842. The molecule has 0 aliphatic carbocycles. The van der Waals surface area contributed by atoms with Crippen molar-refractivity contribution in [2.24, 2.45) is 0 Å². The molecule has 0 aliphatic heterocycles. The summed E-state index contributed by atoms with van der Waals surface area (Å²) < 4.78 is 2.10. The predicted molar refractivity (Wildman–Crippen MR) is 92.8 cm³/mol. The fourth-order valence-corrected chi connectivity index (χ4v) is 3.16. The van der Waals surface area contributed by atoms with Gasteiger partial charge in [-0.15, -0.1) is 0 Å². The molecule has 2 atom stereocenters. The lowest BCUT2D eigenvalue weighted by Gasteiger charge is -2.16. The molecular weight excluding hydrogens is 272 g/mol. The summed E-state index contributed by atoms with van der Waals surface area (Å²) in [5.41, 5.74) is 0. The van der Waals surface area contributed by atoms with Crippen LogP contribution in [0.3, 0.4) is 0 Å². The maximum Gasteiger partial charge on any atom is 0.241 e. The first kappa shape index (κ1) is 19.2. The van der Waals surface area contributed by atoms with E-state index >= 15 is 0 Å². The number of unbranched alkanes of at least 4 members (excludes halogenated alkanes) is 10. The number of hydrogen-bond donors (Lipinski definition) is 2. The Bertz CT molecular complexity index is 335. The zero-order valence-corrected chi connectivity index (χ0v) is 14.8. The van der Waals surface area contributed by atoms with Crippen molar-refractivity contribution in [1.29, 1.82) is 0 Å². The number of nitrogens with one attached hydrogen (secondary N) is 1. The van der Waals surface area contributed by atoms with Crippen molar-refractivity contribution in [3.8, 4) is 0 Å². The number of aromatic nitrogens is 2. The van der Waals surface area contributed by atoms with E-state index in [-0.39, 0.29) is 12.1 Å². The molecule has 128 valence electrons.